The number of esters is 2. The Labute approximate surface area is 159 Å². The number of unbranched alkanes of at least 4 members (excludes halogenated alkanes) is 4. The average molecular weight is 365 g/mol. The van der Waals surface area contributed by atoms with E-state index in [1.807, 2.05) is 25.1 Å². The number of carbonyl (C=O) groups excluding carboxylic acids is 2. The SMILES string of the molecule is CCC(=O)OCCCCCCCC(C)C.CCC(=O)Oc1ccccc1. The van der Waals surface area contributed by atoms with Gasteiger partial charge in [0.05, 0.1) is 6.61 Å². The molecule has 0 saturated carbocycles. The van der Waals surface area contributed by atoms with E-state index in [9.17, 15) is 9.59 Å². The summed E-state index contributed by atoms with van der Waals surface area (Å²) >= 11 is 0. The molecule has 0 radical (unpaired) electrons. The maximum atomic E-state index is 10.8. The molecule has 0 aromatic heterocycles. The highest BCUT2D eigenvalue weighted by Crippen LogP contribution is 2.10. The van der Waals surface area contributed by atoms with Crippen LogP contribution in [0.2, 0.25) is 0 Å². The van der Waals surface area contributed by atoms with Crippen LogP contribution in [0.5, 0.6) is 5.75 Å². The summed E-state index contributed by atoms with van der Waals surface area (Å²) in [6.45, 7) is 8.74. The molecule has 0 heterocycles. The van der Waals surface area contributed by atoms with Crippen LogP contribution in [-0.4, -0.2) is 18.5 Å². The zero-order chi connectivity index (χ0) is 19.6. The quantitative estimate of drug-likeness (QED) is 0.277. The first-order chi connectivity index (χ1) is 12.5. The number of hydrogen-bond acceptors (Lipinski definition) is 4. The Hall–Kier alpha value is -1.84. The lowest BCUT2D eigenvalue weighted by Crippen LogP contribution is -2.04. The molecule has 0 amide bonds. The van der Waals surface area contributed by atoms with Crippen molar-refractivity contribution in [2.75, 3.05) is 6.61 Å². The lowest BCUT2D eigenvalue weighted by molar-refractivity contribution is -0.143. The third-order valence-corrected chi connectivity index (χ3v) is 3.74. The van der Waals surface area contributed by atoms with Gasteiger partial charge in [0.25, 0.3) is 0 Å². The van der Waals surface area contributed by atoms with E-state index in [-0.39, 0.29) is 11.9 Å². The van der Waals surface area contributed by atoms with Crippen molar-refractivity contribution in [1.82, 2.24) is 0 Å². The van der Waals surface area contributed by atoms with E-state index in [1.165, 1.54) is 32.1 Å². The van der Waals surface area contributed by atoms with Crippen LogP contribution in [0.25, 0.3) is 0 Å². The fraction of sp³-hybridized carbons (Fsp3) is 0.636. The summed E-state index contributed by atoms with van der Waals surface area (Å²) < 4.78 is 9.92. The highest BCUT2D eigenvalue weighted by atomic mass is 16.5. The van der Waals surface area contributed by atoms with E-state index in [0.717, 1.165) is 12.3 Å². The average Bonchev–Trinajstić information content (AvgIpc) is 2.64. The van der Waals surface area contributed by atoms with Crippen LogP contribution in [0, 0.1) is 5.92 Å². The molecular weight excluding hydrogens is 328 g/mol. The normalized spacial score (nSPS) is 10.0. The van der Waals surface area contributed by atoms with Gasteiger partial charge in [0.1, 0.15) is 5.75 Å². The monoisotopic (exact) mass is 364 g/mol. The van der Waals surface area contributed by atoms with Crippen LogP contribution in [0.4, 0.5) is 0 Å². The minimum absolute atomic E-state index is 0.0743. The van der Waals surface area contributed by atoms with Gasteiger partial charge in [-0.25, -0.2) is 0 Å². The van der Waals surface area contributed by atoms with Gasteiger partial charge in [-0.1, -0.05) is 78.0 Å². The molecule has 0 fully saturated rings. The number of hydrogen-bond donors (Lipinski definition) is 0. The number of ether oxygens (including phenoxy) is 2. The van der Waals surface area contributed by atoms with E-state index in [0.29, 0.717) is 25.2 Å². The predicted molar refractivity (Wildman–Crippen MR) is 106 cm³/mol. The van der Waals surface area contributed by atoms with E-state index in [1.54, 1.807) is 19.1 Å². The molecule has 4 nitrogen and oxygen atoms in total. The van der Waals surface area contributed by atoms with E-state index < -0.39 is 0 Å². The molecule has 1 aromatic carbocycles. The third kappa shape index (κ3) is 15.7. The lowest BCUT2D eigenvalue weighted by Gasteiger charge is -2.05. The fourth-order valence-corrected chi connectivity index (χ4v) is 2.17. The first-order valence-corrected chi connectivity index (χ1v) is 9.90. The molecule has 0 unspecified atom stereocenters. The summed E-state index contributed by atoms with van der Waals surface area (Å²) in [6, 6.07) is 9.06. The Morgan fingerprint density at radius 3 is 2.00 bits per heavy atom. The largest absolute Gasteiger partial charge is 0.466 e. The number of para-hydroxylation sites is 1. The van der Waals surface area contributed by atoms with Gasteiger partial charge in [-0.15, -0.1) is 0 Å². The summed E-state index contributed by atoms with van der Waals surface area (Å²) in [6.07, 6.45) is 8.39. The molecular formula is C22H36O4. The number of rotatable bonds is 11. The summed E-state index contributed by atoms with van der Waals surface area (Å²) in [7, 11) is 0. The minimum atomic E-state index is -0.198. The minimum Gasteiger partial charge on any atom is -0.466 e. The van der Waals surface area contributed by atoms with Crippen LogP contribution in [0.15, 0.2) is 30.3 Å². The fourth-order valence-electron chi connectivity index (χ4n) is 2.17. The highest BCUT2D eigenvalue weighted by molar-refractivity contribution is 5.71. The second kappa shape index (κ2) is 16.6. The zero-order valence-electron chi connectivity index (χ0n) is 17.0. The maximum absolute atomic E-state index is 10.8. The van der Waals surface area contributed by atoms with Gasteiger partial charge in [0, 0.05) is 12.8 Å². The second-order valence-electron chi connectivity index (χ2n) is 6.66. The molecule has 148 valence electrons. The van der Waals surface area contributed by atoms with Crippen molar-refractivity contribution in [2.45, 2.75) is 79.1 Å². The van der Waals surface area contributed by atoms with Crippen molar-refractivity contribution >= 4 is 11.9 Å². The summed E-state index contributed by atoms with van der Waals surface area (Å²) in [5.74, 6) is 1.17. The van der Waals surface area contributed by atoms with E-state index >= 15 is 0 Å². The summed E-state index contributed by atoms with van der Waals surface area (Å²) in [5.41, 5.74) is 0. The van der Waals surface area contributed by atoms with Crippen LogP contribution in [0.3, 0.4) is 0 Å². The Balaban J connectivity index is 0.000000502. The molecule has 0 bridgehead atoms. The molecule has 0 aliphatic heterocycles. The van der Waals surface area contributed by atoms with Gasteiger partial charge in [0.15, 0.2) is 0 Å². The van der Waals surface area contributed by atoms with Gasteiger partial charge in [-0.3, -0.25) is 9.59 Å². The van der Waals surface area contributed by atoms with Crippen molar-refractivity contribution in [1.29, 1.82) is 0 Å². The zero-order valence-corrected chi connectivity index (χ0v) is 17.0. The van der Waals surface area contributed by atoms with Gasteiger partial charge in [-0.05, 0) is 24.5 Å². The molecule has 26 heavy (non-hydrogen) atoms. The van der Waals surface area contributed by atoms with Crippen LogP contribution in [0.1, 0.15) is 79.1 Å². The summed E-state index contributed by atoms with van der Waals surface area (Å²) in [5, 5.41) is 0. The van der Waals surface area contributed by atoms with Crippen LogP contribution in [-0.2, 0) is 14.3 Å². The molecule has 0 spiro atoms. The van der Waals surface area contributed by atoms with Crippen molar-refractivity contribution in [3.63, 3.8) is 0 Å². The Morgan fingerprint density at radius 1 is 0.846 bits per heavy atom. The topological polar surface area (TPSA) is 52.6 Å². The molecule has 0 N–H and O–H groups in total. The van der Waals surface area contributed by atoms with Crippen molar-refractivity contribution in [3.05, 3.63) is 30.3 Å². The lowest BCUT2D eigenvalue weighted by atomic mass is 10.0. The first-order valence-electron chi connectivity index (χ1n) is 9.90. The Morgan fingerprint density at radius 2 is 1.42 bits per heavy atom. The van der Waals surface area contributed by atoms with Gasteiger partial charge >= 0.3 is 11.9 Å². The van der Waals surface area contributed by atoms with E-state index in [4.69, 9.17) is 9.47 Å². The van der Waals surface area contributed by atoms with Gasteiger partial charge in [-0.2, -0.15) is 0 Å². The van der Waals surface area contributed by atoms with Gasteiger partial charge < -0.3 is 9.47 Å². The van der Waals surface area contributed by atoms with Crippen molar-refractivity contribution < 1.29 is 19.1 Å². The molecule has 4 heteroatoms. The number of carbonyl (C=O) groups is 2. The molecule has 0 saturated heterocycles. The molecule has 0 atom stereocenters. The van der Waals surface area contributed by atoms with Gasteiger partial charge in [0.2, 0.25) is 0 Å². The predicted octanol–water partition coefficient (Wildman–Crippen LogP) is 5.94. The molecule has 1 aromatic rings. The second-order valence-corrected chi connectivity index (χ2v) is 6.66. The maximum Gasteiger partial charge on any atom is 0.310 e. The summed E-state index contributed by atoms with van der Waals surface area (Å²) in [4.78, 5) is 21.6. The Bertz CT molecular complexity index is 468. The van der Waals surface area contributed by atoms with Crippen molar-refractivity contribution in [3.8, 4) is 5.75 Å². The Kier molecular flexibility index (Phi) is 15.4. The first kappa shape index (κ1) is 24.2. The standard InChI is InChI=1S/C13H26O2.C9H10O2/c1-4-13(14)15-11-9-7-5-6-8-10-12(2)3;1-2-9(10)11-8-6-4-3-5-7-8/h12H,4-11H2,1-3H3;3-7H,2H2,1H3. The smallest absolute Gasteiger partial charge is 0.310 e. The molecule has 1 rings (SSSR count). The van der Waals surface area contributed by atoms with Crippen LogP contribution >= 0.6 is 0 Å². The third-order valence-electron chi connectivity index (χ3n) is 3.74. The van der Waals surface area contributed by atoms with Crippen LogP contribution < -0.4 is 4.74 Å². The van der Waals surface area contributed by atoms with Crippen molar-refractivity contribution in [2.24, 2.45) is 5.92 Å². The molecule has 0 aliphatic carbocycles. The van der Waals surface area contributed by atoms with E-state index in [2.05, 4.69) is 13.8 Å². The highest BCUT2D eigenvalue weighted by Gasteiger charge is 1.99. The number of benzene rings is 1. The molecule has 0 aliphatic rings.